The fraction of sp³-hybridized carbons (Fsp3) is 0.500. The summed E-state index contributed by atoms with van der Waals surface area (Å²) in [6.07, 6.45) is 3.50. The lowest BCUT2D eigenvalue weighted by Crippen LogP contribution is -2.32. The van der Waals surface area contributed by atoms with Crippen LogP contribution in [0.3, 0.4) is 0 Å². The second-order valence-corrected chi connectivity index (χ2v) is 5.93. The molecule has 1 aliphatic heterocycles. The van der Waals surface area contributed by atoms with Crippen LogP contribution in [0.4, 0.5) is 0 Å². The molecule has 0 radical (unpaired) electrons. The van der Waals surface area contributed by atoms with E-state index in [1.807, 2.05) is 13.8 Å². The van der Waals surface area contributed by atoms with Crippen LogP contribution in [0.25, 0.3) is 0 Å². The summed E-state index contributed by atoms with van der Waals surface area (Å²) in [7, 11) is 1.73. The van der Waals surface area contributed by atoms with Crippen LogP contribution in [-0.4, -0.2) is 41.8 Å². The number of ether oxygens (including phenoxy) is 2. The Morgan fingerprint density at radius 2 is 2.18 bits per heavy atom. The number of rotatable bonds is 4. The Hall–Kier alpha value is -1.75. The fourth-order valence-corrected chi connectivity index (χ4v) is 2.64. The summed E-state index contributed by atoms with van der Waals surface area (Å²) in [5, 5.41) is -0.704. The van der Waals surface area contributed by atoms with Crippen LogP contribution in [0.1, 0.15) is 27.2 Å². The van der Waals surface area contributed by atoms with Crippen molar-refractivity contribution in [2.24, 2.45) is 0 Å². The number of esters is 1. The number of alkyl halides is 1. The first kappa shape index (κ1) is 16.6. The highest BCUT2D eigenvalue weighted by atomic mass is 35.5. The summed E-state index contributed by atoms with van der Waals surface area (Å²) in [5.74, 6) is -0.0972. The summed E-state index contributed by atoms with van der Waals surface area (Å²) in [4.78, 5) is 25.7. The molecule has 0 aromatic heterocycles. The van der Waals surface area contributed by atoms with E-state index in [4.69, 9.17) is 21.1 Å². The lowest BCUT2D eigenvalue weighted by atomic mass is 9.89. The van der Waals surface area contributed by atoms with Crippen LogP contribution >= 0.6 is 11.6 Å². The van der Waals surface area contributed by atoms with Crippen molar-refractivity contribution in [1.82, 2.24) is 4.90 Å². The molecule has 1 atom stereocenters. The van der Waals surface area contributed by atoms with Crippen LogP contribution in [0.2, 0.25) is 0 Å². The van der Waals surface area contributed by atoms with Gasteiger partial charge in [0.2, 0.25) is 0 Å². The van der Waals surface area contributed by atoms with Crippen LogP contribution in [-0.2, 0) is 19.1 Å². The Kier molecular flexibility index (Phi) is 4.96. The van der Waals surface area contributed by atoms with Gasteiger partial charge in [-0.3, -0.25) is 4.79 Å². The first-order chi connectivity index (χ1) is 10.3. The van der Waals surface area contributed by atoms with Crippen molar-refractivity contribution in [3.63, 3.8) is 0 Å². The molecule has 0 saturated heterocycles. The SMILES string of the molecule is CCOC(=O)C1=C(OC(C)C)C2=CC(Cl)C(=O)CC2=CN1C. The quantitative estimate of drug-likeness (QED) is 0.587. The summed E-state index contributed by atoms with van der Waals surface area (Å²) in [5.41, 5.74) is 1.83. The van der Waals surface area contributed by atoms with Crippen molar-refractivity contribution in [1.29, 1.82) is 0 Å². The molecular weight excluding hydrogens is 306 g/mol. The number of allylic oxidation sites excluding steroid dienone is 2. The van der Waals surface area contributed by atoms with Crippen LogP contribution < -0.4 is 0 Å². The summed E-state index contributed by atoms with van der Waals surface area (Å²) in [6, 6.07) is 0. The molecule has 1 aliphatic carbocycles. The van der Waals surface area contributed by atoms with Gasteiger partial charge >= 0.3 is 5.97 Å². The number of hydrogen-bond acceptors (Lipinski definition) is 5. The number of carbonyl (C=O) groups is 2. The maximum atomic E-state index is 12.3. The van der Waals surface area contributed by atoms with Crippen molar-refractivity contribution in [2.75, 3.05) is 13.7 Å². The molecule has 1 heterocycles. The number of ketones is 1. The molecule has 0 bridgehead atoms. The molecule has 0 aromatic carbocycles. The molecule has 0 amide bonds. The molecule has 0 spiro atoms. The maximum absolute atomic E-state index is 12.3. The van der Waals surface area contributed by atoms with Gasteiger partial charge in [-0.2, -0.15) is 0 Å². The average Bonchev–Trinajstić information content (AvgIpc) is 2.40. The molecule has 1 unspecified atom stereocenters. The highest BCUT2D eigenvalue weighted by Gasteiger charge is 2.35. The zero-order valence-electron chi connectivity index (χ0n) is 13.2. The van der Waals surface area contributed by atoms with Gasteiger partial charge in [-0.15, -0.1) is 11.6 Å². The third-order valence-corrected chi connectivity index (χ3v) is 3.68. The number of Topliss-reactive ketones (excluding diaryl/α,β-unsaturated/α-hetero) is 1. The second-order valence-electron chi connectivity index (χ2n) is 5.46. The summed E-state index contributed by atoms with van der Waals surface area (Å²) < 4.78 is 11.0. The minimum Gasteiger partial charge on any atom is -0.488 e. The van der Waals surface area contributed by atoms with Crippen LogP contribution in [0.5, 0.6) is 0 Å². The lowest BCUT2D eigenvalue weighted by Gasteiger charge is -2.32. The van der Waals surface area contributed by atoms with Gasteiger partial charge in [0.05, 0.1) is 12.7 Å². The molecule has 0 fully saturated rings. The summed E-state index contributed by atoms with van der Waals surface area (Å²) >= 11 is 6.05. The smallest absolute Gasteiger partial charge is 0.358 e. The molecule has 0 aromatic rings. The predicted octanol–water partition coefficient (Wildman–Crippen LogP) is 2.52. The zero-order valence-corrected chi connectivity index (χ0v) is 13.9. The van der Waals surface area contributed by atoms with Gasteiger partial charge in [0, 0.05) is 25.2 Å². The number of nitrogens with zero attached hydrogens (tertiary/aromatic N) is 1. The molecule has 22 heavy (non-hydrogen) atoms. The number of hydrogen-bond donors (Lipinski definition) is 0. The minimum atomic E-state index is -0.704. The van der Waals surface area contributed by atoms with Gasteiger partial charge in [0.25, 0.3) is 0 Å². The second kappa shape index (κ2) is 6.57. The maximum Gasteiger partial charge on any atom is 0.358 e. The molecule has 0 saturated carbocycles. The number of likely N-dealkylation sites (N-methyl/N-ethyl adjacent to an activating group) is 1. The first-order valence-electron chi connectivity index (χ1n) is 7.26. The van der Waals surface area contributed by atoms with E-state index < -0.39 is 11.3 Å². The van der Waals surface area contributed by atoms with Gasteiger partial charge < -0.3 is 14.4 Å². The Morgan fingerprint density at radius 1 is 1.50 bits per heavy atom. The van der Waals surface area contributed by atoms with Gasteiger partial charge in [0.15, 0.2) is 17.2 Å². The largest absolute Gasteiger partial charge is 0.488 e. The van der Waals surface area contributed by atoms with Crippen molar-refractivity contribution in [3.05, 3.63) is 34.9 Å². The Labute approximate surface area is 135 Å². The molecule has 2 rings (SSSR count). The third-order valence-electron chi connectivity index (χ3n) is 3.32. The van der Waals surface area contributed by atoms with E-state index in [9.17, 15) is 9.59 Å². The topological polar surface area (TPSA) is 55.8 Å². The van der Waals surface area contributed by atoms with E-state index in [0.717, 1.165) is 5.57 Å². The normalized spacial score (nSPS) is 21.5. The summed E-state index contributed by atoms with van der Waals surface area (Å²) in [6.45, 7) is 5.78. The molecule has 5 nitrogen and oxygen atoms in total. The highest BCUT2D eigenvalue weighted by Crippen LogP contribution is 2.37. The molecule has 120 valence electrons. The first-order valence-corrected chi connectivity index (χ1v) is 7.69. The van der Waals surface area contributed by atoms with E-state index in [1.54, 1.807) is 31.1 Å². The third kappa shape index (κ3) is 3.19. The van der Waals surface area contributed by atoms with E-state index >= 15 is 0 Å². The monoisotopic (exact) mass is 325 g/mol. The van der Waals surface area contributed by atoms with Crippen molar-refractivity contribution in [2.45, 2.75) is 38.7 Å². The number of halogens is 1. The highest BCUT2D eigenvalue weighted by molar-refractivity contribution is 6.33. The van der Waals surface area contributed by atoms with Gasteiger partial charge in [0.1, 0.15) is 5.38 Å². The standard InChI is InChI=1S/C16H20ClNO4/c1-5-21-16(20)14-15(22-9(2)3)11-7-12(17)13(19)6-10(11)8-18(14)4/h7-9,12H,5-6H2,1-4H3. The van der Waals surface area contributed by atoms with E-state index in [1.165, 1.54) is 0 Å². The molecule has 0 N–H and O–H groups in total. The van der Waals surface area contributed by atoms with Crippen molar-refractivity contribution >= 4 is 23.4 Å². The van der Waals surface area contributed by atoms with Gasteiger partial charge in [-0.05, 0) is 32.4 Å². The van der Waals surface area contributed by atoms with Gasteiger partial charge in [-0.25, -0.2) is 4.79 Å². The number of carbonyl (C=O) groups excluding carboxylic acids is 2. The molecule has 6 heteroatoms. The zero-order chi connectivity index (χ0) is 16.4. The Morgan fingerprint density at radius 3 is 2.77 bits per heavy atom. The predicted molar refractivity (Wildman–Crippen MR) is 83.1 cm³/mol. The minimum absolute atomic E-state index is 0.0615. The van der Waals surface area contributed by atoms with E-state index in [0.29, 0.717) is 17.0 Å². The van der Waals surface area contributed by atoms with E-state index in [2.05, 4.69) is 0 Å². The van der Waals surface area contributed by atoms with Crippen LogP contribution in [0.15, 0.2) is 34.9 Å². The van der Waals surface area contributed by atoms with E-state index in [-0.39, 0.29) is 24.9 Å². The number of fused-ring (bicyclic) bond motifs is 1. The van der Waals surface area contributed by atoms with Crippen LogP contribution in [0, 0.1) is 0 Å². The average molecular weight is 326 g/mol. The van der Waals surface area contributed by atoms with Crippen molar-refractivity contribution in [3.8, 4) is 0 Å². The fourth-order valence-electron chi connectivity index (χ4n) is 2.44. The van der Waals surface area contributed by atoms with Crippen molar-refractivity contribution < 1.29 is 19.1 Å². The molecule has 2 aliphatic rings. The van der Waals surface area contributed by atoms with Gasteiger partial charge in [-0.1, -0.05) is 0 Å². The lowest BCUT2D eigenvalue weighted by molar-refractivity contribution is -0.140. The Balaban J connectivity index is 2.54. The molecular formula is C16H20ClNO4. The Bertz CT molecular complexity index is 589.